The zero-order chi connectivity index (χ0) is 20.1. The molecule has 1 aromatic heterocycles. The van der Waals surface area contributed by atoms with Gasteiger partial charge >= 0.3 is 0 Å². The van der Waals surface area contributed by atoms with Crippen LogP contribution in [0.4, 0.5) is 0 Å². The number of ether oxygens (including phenoxy) is 1. The number of hydrogen-bond donors (Lipinski definition) is 0. The Balaban J connectivity index is 1.83. The third-order valence-electron chi connectivity index (χ3n) is 4.12. The minimum Gasteiger partial charge on any atom is -0.497 e. The lowest BCUT2D eigenvalue weighted by Gasteiger charge is -2.12. The van der Waals surface area contributed by atoms with E-state index >= 15 is 0 Å². The number of hydrogen-bond acceptors (Lipinski definition) is 5. The summed E-state index contributed by atoms with van der Waals surface area (Å²) >= 11 is 7.52. The molecule has 146 valence electrons. The van der Waals surface area contributed by atoms with Gasteiger partial charge in [-0.1, -0.05) is 49.3 Å². The van der Waals surface area contributed by atoms with Crippen LogP contribution in [0.25, 0.3) is 11.4 Å². The summed E-state index contributed by atoms with van der Waals surface area (Å²) in [5.74, 6) is 2.21. The molecule has 7 heteroatoms. The van der Waals surface area contributed by atoms with Gasteiger partial charge in [-0.15, -0.1) is 10.2 Å². The summed E-state index contributed by atoms with van der Waals surface area (Å²) in [6.07, 6.45) is 0. The van der Waals surface area contributed by atoms with Gasteiger partial charge in [-0.2, -0.15) is 0 Å². The number of thioether (sulfide) groups is 1. The van der Waals surface area contributed by atoms with Gasteiger partial charge in [0.05, 0.1) is 17.9 Å². The van der Waals surface area contributed by atoms with Crippen LogP contribution in [0.1, 0.15) is 24.2 Å². The van der Waals surface area contributed by atoms with E-state index in [0.717, 1.165) is 28.8 Å². The van der Waals surface area contributed by atoms with Crippen molar-refractivity contribution in [3.63, 3.8) is 0 Å². The number of methoxy groups -OCH3 is 1. The summed E-state index contributed by atoms with van der Waals surface area (Å²) in [7, 11) is 1.64. The van der Waals surface area contributed by atoms with Gasteiger partial charge in [0.25, 0.3) is 0 Å². The van der Waals surface area contributed by atoms with E-state index in [0.29, 0.717) is 16.5 Å². The number of aromatic nitrogens is 3. The molecule has 2 aromatic carbocycles. The number of ketones is 1. The van der Waals surface area contributed by atoms with E-state index in [1.54, 1.807) is 19.2 Å². The largest absolute Gasteiger partial charge is 0.497 e. The van der Waals surface area contributed by atoms with E-state index < -0.39 is 0 Å². The average molecular weight is 416 g/mol. The van der Waals surface area contributed by atoms with Gasteiger partial charge in [-0.25, -0.2) is 0 Å². The topological polar surface area (TPSA) is 57.0 Å². The minimum absolute atomic E-state index is 0.0271. The number of Topliss-reactive ketones (excluding diaryl/α,β-unsaturated/α-hetero) is 1. The first-order chi connectivity index (χ1) is 13.5. The quantitative estimate of drug-likeness (QED) is 0.372. The van der Waals surface area contributed by atoms with Crippen LogP contribution in [0, 0.1) is 5.92 Å². The van der Waals surface area contributed by atoms with Gasteiger partial charge in [0.2, 0.25) is 0 Å². The fourth-order valence-corrected chi connectivity index (χ4v) is 3.85. The average Bonchev–Trinajstić information content (AvgIpc) is 3.08. The van der Waals surface area contributed by atoms with Gasteiger partial charge in [-0.05, 0) is 42.3 Å². The molecule has 5 nitrogen and oxygen atoms in total. The van der Waals surface area contributed by atoms with E-state index in [1.165, 1.54) is 11.8 Å². The summed E-state index contributed by atoms with van der Waals surface area (Å²) in [6, 6.07) is 14.8. The molecular formula is C21H22ClN3O2S. The SMILES string of the molecule is COc1ccc(-c2nnc(SCC(=O)c3ccccc3Cl)n2CC(C)C)cc1. The van der Waals surface area contributed by atoms with E-state index in [1.807, 2.05) is 36.4 Å². The Kier molecular flexibility index (Phi) is 6.75. The minimum atomic E-state index is -0.0271. The summed E-state index contributed by atoms with van der Waals surface area (Å²) < 4.78 is 7.29. The van der Waals surface area contributed by atoms with Crippen molar-refractivity contribution in [1.82, 2.24) is 14.8 Å². The maximum Gasteiger partial charge on any atom is 0.191 e. The van der Waals surface area contributed by atoms with E-state index in [4.69, 9.17) is 16.3 Å². The Morgan fingerprint density at radius 2 is 1.86 bits per heavy atom. The first-order valence-corrected chi connectivity index (χ1v) is 10.3. The lowest BCUT2D eigenvalue weighted by molar-refractivity contribution is 0.102. The standard InChI is InChI=1S/C21H22ClN3O2S/c1-14(2)12-25-20(15-8-10-16(27-3)11-9-15)23-24-21(25)28-13-19(26)17-6-4-5-7-18(17)22/h4-11,14H,12-13H2,1-3H3. The summed E-state index contributed by atoms with van der Waals surface area (Å²) in [5.41, 5.74) is 1.49. The number of carbonyl (C=O) groups excluding carboxylic acids is 1. The van der Waals surface area contributed by atoms with Crippen LogP contribution in [0.15, 0.2) is 53.7 Å². The second kappa shape index (κ2) is 9.26. The van der Waals surface area contributed by atoms with Crippen molar-refractivity contribution in [1.29, 1.82) is 0 Å². The molecule has 0 saturated heterocycles. The van der Waals surface area contributed by atoms with Gasteiger partial charge in [0.15, 0.2) is 16.8 Å². The van der Waals surface area contributed by atoms with E-state index in [2.05, 4.69) is 28.6 Å². The third kappa shape index (κ3) is 4.75. The number of carbonyl (C=O) groups is 1. The molecule has 0 atom stereocenters. The van der Waals surface area contributed by atoms with Gasteiger partial charge in [-0.3, -0.25) is 4.79 Å². The molecule has 0 spiro atoms. The number of benzene rings is 2. The maximum absolute atomic E-state index is 12.5. The van der Waals surface area contributed by atoms with Crippen LogP contribution in [-0.2, 0) is 6.54 Å². The molecule has 0 unspecified atom stereocenters. The highest BCUT2D eigenvalue weighted by Crippen LogP contribution is 2.27. The smallest absolute Gasteiger partial charge is 0.191 e. The van der Waals surface area contributed by atoms with Crippen molar-refractivity contribution in [3.8, 4) is 17.1 Å². The highest BCUT2D eigenvalue weighted by molar-refractivity contribution is 7.99. The van der Waals surface area contributed by atoms with E-state index in [-0.39, 0.29) is 11.5 Å². The lowest BCUT2D eigenvalue weighted by atomic mass is 10.1. The maximum atomic E-state index is 12.5. The van der Waals surface area contributed by atoms with Crippen molar-refractivity contribution < 1.29 is 9.53 Å². The Labute approximate surface area is 174 Å². The van der Waals surface area contributed by atoms with Crippen LogP contribution >= 0.6 is 23.4 Å². The molecule has 28 heavy (non-hydrogen) atoms. The highest BCUT2D eigenvalue weighted by atomic mass is 35.5. The second-order valence-corrected chi connectivity index (χ2v) is 8.08. The second-order valence-electron chi connectivity index (χ2n) is 6.73. The number of nitrogens with zero attached hydrogens (tertiary/aromatic N) is 3. The van der Waals surface area contributed by atoms with Crippen LogP contribution in [0.5, 0.6) is 5.75 Å². The number of halogens is 1. The molecule has 0 fully saturated rings. The van der Waals surface area contributed by atoms with Gasteiger partial charge < -0.3 is 9.30 Å². The van der Waals surface area contributed by atoms with Crippen LogP contribution in [-0.4, -0.2) is 33.4 Å². The molecule has 0 N–H and O–H groups in total. The lowest BCUT2D eigenvalue weighted by Crippen LogP contribution is -2.09. The molecule has 3 aromatic rings. The molecule has 1 heterocycles. The Hall–Kier alpha value is -2.31. The molecule has 0 aliphatic rings. The normalized spacial score (nSPS) is 11.0. The first-order valence-electron chi connectivity index (χ1n) is 8.97. The van der Waals surface area contributed by atoms with Crippen LogP contribution < -0.4 is 4.74 Å². The summed E-state index contributed by atoms with van der Waals surface area (Å²) in [6.45, 7) is 5.04. The predicted molar refractivity (Wildman–Crippen MR) is 113 cm³/mol. The molecule has 0 bridgehead atoms. The van der Waals surface area contributed by atoms with Crippen molar-refractivity contribution >= 4 is 29.1 Å². The van der Waals surface area contributed by atoms with Crippen molar-refractivity contribution in [2.24, 2.45) is 5.92 Å². The zero-order valence-electron chi connectivity index (χ0n) is 16.1. The summed E-state index contributed by atoms with van der Waals surface area (Å²) in [5, 5.41) is 9.90. The monoisotopic (exact) mass is 415 g/mol. The zero-order valence-corrected chi connectivity index (χ0v) is 17.6. The molecule has 0 aliphatic carbocycles. The molecule has 0 aliphatic heterocycles. The molecule has 0 radical (unpaired) electrons. The number of rotatable bonds is 8. The Morgan fingerprint density at radius 1 is 1.14 bits per heavy atom. The fraction of sp³-hybridized carbons (Fsp3) is 0.286. The molecule has 3 rings (SSSR count). The highest BCUT2D eigenvalue weighted by Gasteiger charge is 2.18. The van der Waals surface area contributed by atoms with Gasteiger partial charge in [0, 0.05) is 17.7 Å². The fourth-order valence-electron chi connectivity index (χ4n) is 2.77. The molecule has 0 amide bonds. The van der Waals surface area contributed by atoms with Crippen molar-refractivity contribution in [2.45, 2.75) is 25.5 Å². The van der Waals surface area contributed by atoms with Crippen molar-refractivity contribution in [3.05, 3.63) is 59.1 Å². The van der Waals surface area contributed by atoms with Crippen molar-refractivity contribution in [2.75, 3.05) is 12.9 Å². The predicted octanol–water partition coefficient (Wildman–Crippen LogP) is 5.24. The molecule has 0 saturated carbocycles. The van der Waals surface area contributed by atoms with Crippen LogP contribution in [0.3, 0.4) is 0 Å². The Morgan fingerprint density at radius 3 is 2.50 bits per heavy atom. The van der Waals surface area contributed by atoms with Crippen LogP contribution in [0.2, 0.25) is 5.02 Å². The Bertz CT molecular complexity index is 955. The summed E-state index contributed by atoms with van der Waals surface area (Å²) in [4.78, 5) is 12.5. The molecular weight excluding hydrogens is 394 g/mol. The third-order valence-corrected chi connectivity index (χ3v) is 5.42. The first kappa shape index (κ1) is 20.4. The van der Waals surface area contributed by atoms with Gasteiger partial charge in [0.1, 0.15) is 5.75 Å². The van der Waals surface area contributed by atoms with E-state index in [9.17, 15) is 4.79 Å².